The molecule has 0 saturated heterocycles. The first-order valence-electron chi connectivity index (χ1n) is 8.06. The molecule has 0 fully saturated rings. The van der Waals surface area contributed by atoms with Crippen LogP contribution in [0.3, 0.4) is 0 Å². The van der Waals surface area contributed by atoms with Crippen LogP contribution in [0.4, 0.5) is 14.6 Å². The third kappa shape index (κ3) is 3.37. The lowest BCUT2D eigenvalue weighted by Gasteiger charge is -2.11. The second-order valence-electron chi connectivity index (χ2n) is 6.05. The van der Waals surface area contributed by atoms with E-state index in [1.807, 2.05) is 6.92 Å². The summed E-state index contributed by atoms with van der Waals surface area (Å²) in [5.41, 5.74) is 1.93. The van der Waals surface area contributed by atoms with Crippen molar-refractivity contribution in [1.82, 2.24) is 24.7 Å². The summed E-state index contributed by atoms with van der Waals surface area (Å²) in [6.45, 7) is 3.98. The van der Waals surface area contributed by atoms with Gasteiger partial charge in [0, 0.05) is 32.0 Å². The van der Waals surface area contributed by atoms with Crippen LogP contribution in [0.15, 0.2) is 18.3 Å². The number of nitrogens with zero attached hydrogens (tertiary/aromatic N) is 5. The summed E-state index contributed by atoms with van der Waals surface area (Å²) in [5.74, 6) is -3.61. The minimum absolute atomic E-state index is 0.259. The largest absolute Gasteiger partial charge is 0.311 e. The zero-order chi connectivity index (χ0) is 19.1. The third-order valence-corrected chi connectivity index (χ3v) is 3.82. The van der Waals surface area contributed by atoms with Gasteiger partial charge in [-0.05, 0) is 18.6 Å². The Bertz CT molecular complexity index is 993. The van der Waals surface area contributed by atoms with E-state index in [1.165, 1.54) is 6.92 Å². The van der Waals surface area contributed by atoms with Crippen LogP contribution in [0.2, 0.25) is 0 Å². The van der Waals surface area contributed by atoms with Crippen LogP contribution < -0.4 is 5.32 Å². The number of hydrogen-bond donors (Lipinski definition) is 1. The van der Waals surface area contributed by atoms with E-state index in [2.05, 4.69) is 25.4 Å². The van der Waals surface area contributed by atoms with Crippen molar-refractivity contribution < 1.29 is 13.6 Å². The number of rotatable bonds is 4. The van der Waals surface area contributed by atoms with Crippen LogP contribution >= 0.6 is 0 Å². The van der Waals surface area contributed by atoms with Gasteiger partial charge in [0.15, 0.2) is 5.82 Å². The number of carbonyl (C=O) groups excluding carboxylic acids is 1. The summed E-state index contributed by atoms with van der Waals surface area (Å²) < 4.78 is 29.2. The highest BCUT2D eigenvalue weighted by molar-refractivity contribution is 5.96. The normalized spacial score (nSPS) is 11.8. The van der Waals surface area contributed by atoms with E-state index in [0.29, 0.717) is 40.2 Å². The summed E-state index contributed by atoms with van der Waals surface area (Å²) >= 11 is 0. The molecule has 3 aromatic heterocycles. The Kier molecular flexibility index (Phi) is 4.39. The van der Waals surface area contributed by atoms with E-state index in [1.54, 1.807) is 30.1 Å². The summed E-state index contributed by atoms with van der Waals surface area (Å²) in [6, 6.07) is 3.30. The molecule has 0 radical (unpaired) electrons. The quantitative estimate of drug-likeness (QED) is 0.773. The van der Waals surface area contributed by atoms with E-state index in [9.17, 15) is 13.6 Å². The number of halogens is 2. The van der Waals surface area contributed by atoms with Crippen molar-refractivity contribution >= 4 is 22.6 Å². The fraction of sp³-hybridized carbons (Fsp3) is 0.353. The van der Waals surface area contributed by atoms with Gasteiger partial charge >= 0.3 is 5.92 Å². The molecule has 136 valence electrons. The van der Waals surface area contributed by atoms with Crippen molar-refractivity contribution in [3.8, 4) is 11.4 Å². The molecular weight excluding hydrogens is 342 g/mol. The SMILES string of the molecule is CCc1cc(-c2nn(C)c3cnc(NC(C)=O)cc23)nc(C(C)(F)F)n1. The Hall–Kier alpha value is -2.97. The van der Waals surface area contributed by atoms with E-state index in [4.69, 9.17) is 0 Å². The highest BCUT2D eigenvalue weighted by atomic mass is 19.3. The average molecular weight is 360 g/mol. The molecule has 0 unspecified atom stereocenters. The zero-order valence-electron chi connectivity index (χ0n) is 14.8. The van der Waals surface area contributed by atoms with Crippen molar-refractivity contribution in [2.75, 3.05) is 5.32 Å². The molecule has 1 amide bonds. The lowest BCUT2D eigenvalue weighted by Crippen LogP contribution is -2.14. The number of aromatic nitrogens is 5. The first-order valence-corrected chi connectivity index (χ1v) is 8.06. The predicted octanol–water partition coefficient (Wildman–Crippen LogP) is 3.06. The molecule has 0 aliphatic heterocycles. The second-order valence-corrected chi connectivity index (χ2v) is 6.05. The minimum atomic E-state index is -3.16. The number of amides is 1. The first kappa shape index (κ1) is 17.8. The minimum Gasteiger partial charge on any atom is -0.311 e. The third-order valence-electron chi connectivity index (χ3n) is 3.82. The molecule has 26 heavy (non-hydrogen) atoms. The first-order chi connectivity index (χ1) is 12.2. The van der Waals surface area contributed by atoms with Gasteiger partial charge in [0.2, 0.25) is 5.91 Å². The monoisotopic (exact) mass is 360 g/mol. The molecule has 3 aromatic rings. The fourth-order valence-corrected chi connectivity index (χ4v) is 2.59. The zero-order valence-corrected chi connectivity index (χ0v) is 14.8. The van der Waals surface area contributed by atoms with Crippen LogP contribution in [0.1, 0.15) is 32.3 Å². The molecule has 0 atom stereocenters. The average Bonchev–Trinajstić information content (AvgIpc) is 2.89. The molecule has 3 heterocycles. The molecule has 0 spiro atoms. The van der Waals surface area contributed by atoms with E-state index >= 15 is 0 Å². The van der Waals surface area contributed by atoms with Crippen molar-refractivity contribution in [3.05, 3.63) is 29.8 Å². The van der Waals surface area contributed by atoms with Gasteiger partial charge in [0.05, 0.1) is 17.4 Å². The van der Waals surface area contributed by atoms with Crippen molar-refractivity contribution in [2.24, 2.45) is 7.05 Å². The maximum absolute atomic E-state index is 13.8. The highest BCUT2D eigenvalue weighted by Crippen LogP contribution is 2.31. The van der Waals surface area contributed by atoms with Gasteiger partial charge in [0.1, 0.15) is 11.5 Å². The Balaban J connectivity index is 2.23. The van der Waals surface area contributed by atoms with Gasteiger partial charge in [-0.1, -0.05) is 6.92 Å². The van der Waals surface area contributed by atoms with E-state index in [-0.39, 0.29) is 5.91 Å². The van der Waals surface area contributed by atoms with Crippen molar-refractivity contribution in [3.63, 3.8) is 0 Å². The summed E-state index contributed by atoms with van der Waals surface area (Å²) in [5, 5.41) is 7.66. The number of nitrogens with one attached hydrogen (secondary N) is 1. The fourth-order valence-electron chi connectivity index (χ4n) is 2.59. The van der Waals surface area contributed by atoms with Crippen LogP contribution in [0, 0.1) is 0 Å². The summed E-state index contributed by atoms with van der Waals surface area (Å²) in [7, 11) is 1.73. The second kappa shape index (κ2) is 6.40. The maximum atomic E-state index is 13.8. The number of hydrogen-bond acceptors (Lipinski definition) is 5. The number of carbonyl (C=O) groups is 1. The summed E-state index contributed by atoms with van der Waals surface area (Å²) in [4.78, 5) is 23.4. The van der Waals surface area contributed by atoms with Gasteiger partial charge in [-0.25, -0.2) is 15.0 Å². The molecule has 0 saturated carbocycles. The molecule has 0 aliphatic rings. The highest BCUT2D eigenvalue weighted by Gasteiger charge is 2.29. The molecule has 0 aliphatic carbocycles. The smallest absolute Gasteiger partial charge is 0.303 e. The number of pyridine rings is 1. The van der Waals surface area contributed by atoms with Crippen LogP contribution in [0.25, 0.3) is 22.3 Å². The number of anilines is 1. The molecular formula is C17H18F2N6O. The molecule has 7 nitrogen and oxygen atoms in total. The Labute approximate surface area is 148 Å². The molecule has 0 aromatic carbocycles. The number of aryl methyl sites for hydroxylation is 2. The lowest BCUT2D eigenvalue weighted by molar-refractivity contribution is -0.114. The van der Waals surface area contributed by atoms with Gasteiger partial charge in [-0.15, -0.1) is 0 Å². The van der Waals surface area contributed by atoms with Crippen LogP contribution in [-0.2, 0) is 24.2 Å². The number of fused-ring (bicyclic) bond motifs is 1. The molecule has 9 heteroatoms. The topological polar surface area (TPSA) is 85.6 Å². The van der Waals surface area contributed by atoms with Gasteiger partial charge in [-0.2, -0.15) is 13.9 Å². The van der Waals surface area contributed by atoms with Crippen molar-refractivity contribution in [1.29, 1.82) is 0 Å². The lowest BCUT2D eigenvalue weighted by atomic mass is 10.1. The van der Waals surface area contributed by atoms with Gasteiger partial charge in [-0.3, -0.25) is 9.48 Å². The summed E-state index contributed by atoms with van der Waals surface area (Å²) in [6.07, 6.45) is 2.05. The van der Waals surface area contributed by atoms with Crippen molar-refractivity contribution in [2.45, 2.75) is 33.1 Å². The standard InChI is InChI=1S/C17H18F2N6O/c1-5-10-6-12(23-16(22-10)17(3,18)19)15-11-7-14(21-9(2)26)20-8-13(11)25(4)24-15/h6-8H,5H2,1-4H3,(H,20,21,26). The van der Waals surface area contributed by atoms with Gasteiger partial charge in [0.25, 0.3) is 0 Å². The van der Waals surface area contributed by atoms with E-state index in [0.717, 1.165) is 6.92 Å². The predicted molar refractivity (Wildman–Crippen MR) is 92.8 cm³/mol. The van der Waals surface area contributed by atoms with Gasteiger partial charge < -0.3 is 5.32 Å². The Morgan fingerprint density at radius 2 is 2.04 bits per heavy atom. The van der Waals surface area contributed by atoms with Crippen LogP contribution in [-0.4, -0.2) is 30.6 Å². The number of alkyl halides is 2. The molecule has 0 bridgehead atoms. The van der Waals surface area contributed by atoms with E-state index < -0.39 is 11.7 Å². The molecule has 1 N–H and O–H groups in total. The Morgan fingerprint density at radius 1 is 1.31 bits per heavy atom. The Morgan fingerprint density at radius 3 is 2.65 bits per heavy atom. The van der Waals surface area contributed by atoms with Crippen LogP contribution in [0.5, 0.6) is 0 Å². The molecule has 3 rings (SSSR count). The maximum Gasteiger partial charge on any atom is 0.303 e.